The highest BCUT2D eigenvalue weighted by atomic mass is 16.1. The number of hydrogen-bond donors (Lipinski definition) is 0. The van der Waals surface area contributed by atoms with Crippen molar-refractivity contribution in [2.24, 2.45) is 0 Å². The molecule has 2 aromatic heterocycles. The largest absolute Gasteiger partial charge is 0.302 e. The third-order valence-corrected chi connectivity index (χ3v) is 3.16. The van der Waals surface area contributed by atoms with Gasteiger partial charge in [-0.15, -0.1) is 0 Å². The lowest BCUT2D eigenvalue weighted by atomic mass is 9.94. The molecule has 3 aromatic rings. The molecule has 0 N–H and O–H groups in total. The van der Waals surface area contributed by atoms with Gasteiger partial charge in [0.25, 0.3) is 0 Å². The number of benzene rings is 1. The van der Waals surface area contributed by atoms with E-state index < -0.39 is 0 Å². The Labute approximate surface area is 111 Å². The van der Waals surface area contributed by atoms with Crippen molar-refractivity contribution in [3.8, 4) is 0 Å². The molecule has 0 aliphatic carbocycles. The second-order valence-electron chi connectivity index (χ2n) is 4.29. The smallest absolute Gasteiger partial charge is 0.133 e. The number of aldehydes is 1. The average Bonchev–Trinajstić information content (AvgIpc) is 2.49. The monoisotopic (exact) mass is 248 g/mol. The summed E-state index contributed by atoms with van der Waals surface area (Å²) in [7, 11) is 0. The van der Waals surface area contributed by atoms with Gasteiger partial charge in [-0.25, -0.2) is 0 Å². The number of nitrogens with zero attached hydrogens (tertiary/aromatic N) is 2. The van der Waals surface area contributed by atoms with Gasteiger partial charge in [-0.3, -0.25) is 9.97 Å². The van der Waals surface area contributed by atoms with E-state index in [1.54, 1.807) is 12.4 Å². The zero-order chi connectivity index (χ0) is 13.1. The zero-order valence-corrected chi connectivity index (χ0v) is 10.2. The van der Waals surface area contributed by atoms with Crippen LogP contribution in [0.3, 0.4) is 0 Å². The van der Waals surface area contributed by atoms with Crippen LogP contribution in [0.25, 0.3) is 10.9 Å². The minimum absolute atomic E-state index is 0.353. The SMILES string of the molecule is O=CC(c1ccccn1)c1ccnc2ccccc12. The molecule has 0 radical (unpaired) electrons. The van der Waals surface area contributed by atoms with Gasteiger partial charge in [0.1, 0.15) is 6.29 Å². The molecule has 92 valence electrons. The molecule has 0 amide bonds. The van der Waals surface area contributed by atoms with E-state index in [0.29, 0.717) is 0 Å². The minimum Gasteiger partial charge on any atom is -0.302 e. The Bertz CT molecular complexity index is 705. The molecule has 0 saturated carbocycles. The first-order chi connectivity index (χ1) is 9.40. The van der Waals surface area contributed by atoms with E-state index in [1.807, 2.05) is 48.5 Å². The van der Waals surface area contributed by atoms with E-state index in [1.165, 1.54) is 0 Å². The normalized spacial score (nSPS) is 12.2. The number of para-hydroxylation sites is 1. The number of carbonyl (C=O) groups is 1. The molecule has 1 unspecified atom stereocenters. The Morgan fingerprint density at radius 1 is 0.895 bits per heavy atom. The third kappa shape index (κ3) is 2.10. The lowest BCUT2D eigenvalue weighted by Gasteiger charge is -2.12. The molecule has 2 heterocycles. The summed E-state index contributed by atoms with van der Waals surface area (Å²) < 4.78 is 0. The first-order valence-corrected chi connectivity index (χ1v) is 6.10. The quantitative estimate of drug-likeness (QED) is 0.669. The average molecular weight is 248 g/mol. The Kier molecular flexibility index (Phi) is 3.02. The summed E-state index contributed by atoms with van der Waals surface area (Å²) >= 11 is 0. The second-order valence-corrected chi connectivity index (χ2v) is 4.29. The highest BCUT2D eigenvalue weighted by Crippen LogP contribution is 2.27. The Hall–Kier alpha value is -2.55. The molecule has 3 nitrogen and oxygen atoms in total. The summed E-state index contributed by atoms with van der Waals surface area (Å²) in [6, 6.07) is 15.3. The topological polar surface area (TPSA) is 42.9 Å². The maximum Gasteiger partial charge on any atom is 0.133 e. The molecule has 0 spiro atoms. The van der Waals surface area contributed by atoms with Crippen LogP contribution in [-0.2, 0) is 4.79 Å². The highest BCUT2D eigenvalue weighted by Gasteiger charge is 2.16. The van der Waals surface area contributed by atoms with Crippen LogP contribution in [0.5, 0.6) is 0 Å². The summed E-state index contributed by atoms with van der Waals surface area (Å²) in [6.07, 6.45) is 4.37. The van der Waals surface area contributed by atoms with E-state index in [0.717, 1.165) is 28.4 Å². The van der Waals surface area contributed by atoms with Crippen LogP contribution in [0.2, 0.25) is 0 Å². The lowest BCUT2D eigenvalue weighted by Crippen LogP contribution is -2.05. The first kappa shape index (κ1) is 11.5. The van der Waals surface area contributed by atoms with Crippen LogP contribution in [0.15, 0.2) is 60.9 Å². The molecule has 1 aromatic carbocycles. The Morgan fingerprint density at radius 2 is 1.74 bits per heavy atom. The highest BCUT2D eigenvalue weighted by molar-refractivity contribution is 5.86. The molecule has 1 atom stereocenters. The fourth-order valence-electron chi connectivity index (χ4n) is 2.25. The van der Waals surface area contributed by atoms with Crippen molar-refractivity contribution >= 4 is 17.2 Å². The predicted octanol–water partition coefficient (Wildman–Crippen LogP) is 2.96. The van der Waals surface area contributed by atoms with E-state index in [-0.39, 0.29) is 5.92 Å². The van der Waals surface area contributed by atoms with Gasteiger partial charge in [0.2, 0.25) is 0 Å². The van der Waals surface area contributed by atoms with E-state index in [4.69, 9.17) is 0 Å². The van der Waals surface area contributed by atoms with Gasteiger partial charge in [-0.2, -0.15) is 0 Å². The maximum absolute atomic E-state index is 11.5. The lowest BCUT2D eigenvalue weighted by molar-refractivity contribution is -0.108. The van der Waals surface area contributed by atoms with Crippen molar-refractivity contribution in [2.45, 2.75) is 5.92 Å². The van der Waals surface area contributed by atoms with Gasteiger partial charge in [0.15, 0.2) is 0 Å². The number of hydrogen-bond acceptors (Lipinski definition) is 3. The molecule has 0 saturated heterocycles. The van der Waals surface area contributed by atoms with E-state index in [9.17, 15) is 4.79 Å². The first-order valence-electron chi connectivity index (χ1n) is 6.10. The molecule has 0 bridgehead atoms. The summed E-state index contributed by atoms with van der Waals surface area (Å²) in [5.41, 5.74) is 2.59. The van der Waals surface area contributed by atoms with Gasteiger partial charge < -0.3 is 4.79 Å². The maximum atomic E-state index is 11.5. The number of fused-ring (bicyclic) bond motifs is 1. The minimum atomic E-state index is -0.353. The summed E-state index contributed by atoms with van der Waals surface area (Å²) in [4.78, 5) is 20.1. The second kappa shape index (κ2) is 4.98. The molecule has 0 aliphatic heterocycles. The summed E-state index contributed by atoms with van der Waals surface area (Å²) in [6.45, 7) is 0. The molecular formula is C16H12N2O. The van der Waals surface area contributed by atoms with Gasteiger partial charge in [0, 0.05) is 17.8 Å². The van der Waals surface area contributed by atoms with Crippen LogP contribution in [-0.4, -0.2) is 16.3 Å². The summed E-state index contributed by atoms with van der Waals surface area (Å²) in [5, 5.41) is 0.993. The standard InChI is InChI=1S/C16H12N2O/c19-11-14(16-7-3-4-9-17-16)12-8-10-18-15-6-2-1-5-13(12)15/h1-11,14H. The van der Waals surface area contributed by atoms with Crippen LogP contribution >= 0.6 is 0 Å². The summed E-state index contributed by atoms with van der Waals surface area (Å²) in [5.74, 6) is -0.353. The fraction of sp³-hybridized carbons (Fsp3) is 0.0625. The third-order valence-electron chi connectivity index (χ3n) is 3.16. The molecule has 0 aliphatic rings. The molecule has 0 fully saturated rings. The Balaban J connectivity index is 2.20. The van der Waals surface area contributed by atoms with Gasteiger partial charge in [-0.05, 0) is 29.8 Å². The number of rotatable bonds is 3. The van der Waals surface area contributed by atoms with Crippen molar-refractivity contribution in [1.82, 2.24) is 9.97 Å². The van der Waals surface area contributed by atoms with Crippen molar-refractivity contribution in [3.63, 3.8) is 0 Å². The van der Waals surface area contributed by atoms with Crippen molar-refractivity contribution in [1.29, 1.82) is 0 Å². The molecule has 3 rings (SSSR count). The van der Waals surface area contributed by atoms with Crippen molar-refractivity contribution in [3.05, 3.63) is 72.2 Å². The number of aromatic nitrogens is 2. The van der Waals surface area contributed by atoms with Crippen molar-refractivity contribution < 1.29 is 4.79 Å². The van der Waals surface area contributed by atoms with E-state index in [2.05, 4.69) is 9.97 Å². The number of carbonyl (C=O) groups excluding carboxylic acids is 1. The molecular weight excluding hydrogens is 236 g/mol. The van der Waals surface area contributed by atoms with Crippen molar-refractivity contribution in [2.75, 3.05) is 0 Å². The van der Waals surface area contributed by atoms with Crippen LogP contribution in [0, 0.1) is 0 Å². The van der Waals surface area contributed by atoms with Gasteiger partial charge in [0.05, 0.1) is 17.1 Å². The van der Waals surface area contributed by atoms with Crippen LogP contribution in [0.4, 0.5) is 0 Å². The Morgan fingerprint density at radius 3 is 2.53 bits per heavy atom. The zero-order valence-electron chi connectivity index (χ0n) is 10.2. The fourth-order valence-corrected chi connectivity index (χ4v) is 2.25. The van der Waals surface area contributed by atoms with E-state index >= 15 is 0 Å². The molecule has 3 heteroatoms. The predicted molar refractivity (Wildman–Crippen MR) is 73.9 cm³/mol. The van der Waals surface area contributed by atoms with Crippen LogP contribution in [0.1, 0.15) is 17.2 Å². The van der Waals surface area contributed by atoms with Crippen LogP contribution < -0.4 is 0 Å². The molecule has 19 heavy (non-hydrogen) atoms. The van der Waals surface area contributed by atoms with Gasteiger partial charge >= 0.3 is 0 Å². The van der Waals surface area contributed by atoms with Gasteiger partial charge in [-0.1, -0.05) is 24.3 Å². The number of pyridine rings is 2.